The molecule has 0 aliphatic heterocycles. The third-order valence-corrected chi connectivity index (χ3v) is 4.68. The van der Waals surface area contributed by atoms with Crippen molar-refractivity contribution in [3.63, 3.8) is 0 Å². The zero-order chi connectivity index (χ0) is 13.0. The van der Waals surface area contributed by atoms with Crippen molar-refractivity contribution in [3.05, 3.63) is 33.3 Å². The van der Waals surface area contributed by atoms with Crippen molar-refractivity contribution in [3.8, 4) is 0 Å². The Balaban J connectivity index is 2.02. The molecule has 1 fully saturated rings. The van der Waals surface area contributed by atoms with E-state index >= 15 is 0 Å². The molecule has 0 heterocycles. The second-order valence-corrected chi connectivity index (χ2v) is 6.51. The first kappa shape index (κ1) is 14.4. The minimum atomic E-state index is 0.595. The molecular weight excluding hydrogens is 310 g/mol. The second-order valence-electron chi connectivity index (χ2n) is 5.19. The molecule has 1 atom stereocenters. The van der Waals surface area contributed by atoms with Gasteiger partial charge < -0.3 is 5.32 Å². The van der Waals surface area contributed by atoms with E-state index in [-0.39, 0.29) is 0 Å². The fraction of sp³-hybridized carbons (Fsp3) is 0.600. The Labute approximate surface area is 123 Å². The fourth-order valence-corrected chi connectivity index (χ4v) is 3.25. The van der Waals surface area contributed by atoms with E-state index in [2.05, 4.69) is 40.3 Å². The Kier molecular flexibility index (Phi) is 5.53. The summed E-state index contributed by atoms with van der Waals surface area (Å²) in [6.45, 7) is 3.33. The third kappa shape index (κ3) is 3.72. The van der Waals surface area contributed by atoms with Gasteiger partial charge in [0.15, 0.2) is 0 Å². The van der Waals surface area contributed by atoms with Gasteiger partial charge in [0.2, 0.25) is 0 Å². The van der Waals surface area contributed by atoms with Gasteiger partial charge in [-0.05, 0) is 55.8 Å². The Morgan fingerprint density at radius 2 is 2.22 bits per heavy atom. The number of rotatable bonds is 6. The van der Waals surface area contributed by atoms with E-state index in [0.717, 1.165) is 28.4 Å². The van der Waals surface area contributed by atoms with Crippen LogP contribution in [0.15, 0.2) is 22.7 Å². The first-order valence-corrected chi connectivity index (χ1v) is 8.05. The maximum absolute atomic E-state index is 6.32. The van der Waals surface area contributed by atoms with Crippen LogP contribution in [-0.2, 0) is 6.42 Å². The van der Waals surface area contributed by atoms with Crippen LogP contribution in [0, 0.1) is 5.92 Å². The predicted octanol–water partition coefficient (Wildman–Crippen LogP) is 4.81. The van der Waals surface area contributed by atoms with Gasteiger partial charge in [0.1, 0.15) is 0 Å². The van der Waals surface area contributed by atoms with E-state index in [4.69, 9.17) is 11.6 Å². The second kappa shape index (κ2) is 6.93. The lowest BCUT2D eigenvalue weighted by atomic mass is 9.77. The lowest BCUT2D eigenvalue weighted by molar-refractivity contribution is 0.227. The van der Waals surface area contributed by atoms with Crippen LogP contribution in [0.25, 0.3) is 0 Å². The number of halogens is 2. The Hall–Kier alpha value is -0.0500. The summed E-state index contributed by atoms with van der Waals surface area (Å²) in [5.41, 5.74) is 1.26. The van der Waals surface area contributed by atoms with Crippen molar-refractivity contribution < 1.29 is 0 Å². The summed E-state index contributed by atoms with van der Waals surface area (Å²) in [6.07, 6.45) is 6.38. The van der Waals surface area contributed by atoms with Gasteiger partial charge >= 0.3 is 0 Å². The molecule has 0 aromatic heterocycles. The molecule has 1 unspecified atom stereocenters. The molecule has 2 rings (SSSR count). The van der Waals surface area contributed by atoms with Crippen molar-refractivity contribution in [1.82, 2.24) is 5.32 Å². The van der Waals surface area contributed by atoms with Gasteiger partial charge in [0.25, 0.3) is 0 Å². The van der Waals surface area contributed by atoms with Crippen molar-refractivity contribution in [2.24, 2.45) is 5.92 Å². The number of hydrogen-bond acceptors (Lipinski definition) is 1. The van der Waals surface area contributed by atoms with Crippen molar-refractivity contribution >= 4 is 27.5 Å². The van der Waals surface area contributed by atoms with Gasteiger partial charge in [-0.15, -0.1) is 0 Å². The Bertz CT molecular complexity index is 390. The van der Waals surface area contributed by atoms with Gasteiger partial charge in [-0.3, -0.25) is 0 Å². The maximum Gasteiger partial charge on any atom is 0.0449 e. The summed E-state index contributed by atoms with van der Waals surface area (Å²) >= 11 is 9.77. The SMILES string of the molecule is CCCNC(Cc1ccc(Br)cc1Cl)C1CCC1. The molecule has 1 aliphatic rings. The van der Waals surface area contributed by atoms with Crippen LogP contribution in [-0.4, -0.2) is 12.6 Å². The van der Waals surface area contributed by atoms with E-state index in [1.165, 1.54) is 31.2 Å². The minimum absolute atomic E-state index is 0.595. The monoisotopic (exact) mass is 329 g/mol. The van der Waals surface area contributed by atoms with Gasteiger partial charge in [0, 0.05) is 15.5 Å². The first-order valence-electron chi connectivity index (χ1n) is 6.88. The van der Waals surface area contributed by atoms with Crippen LogP contribution >= 0.6 is 27.5 Å². The first-order chi connectivity index (χ1) is 8.70. The number of nitrogens with one attached hydrogen (secondary N) is 1. The van der Waals surface area contributed by atoms with E-state index in [9.17, 15) is 0 Å². The molecule has 1 aliphatic carbocycles. The average molecular weight is 331 g/mol. The van der Waals surface area contributed by atoms with E-state index in [1.54, 1.807) is 0 Å². The van der Waals surface area contributed by atoms with Crippen LogP contribution in [0.1, 0.15) is 38.2 Å². The Morgan fingerprint density at radius 3 is 2.78 bits per heavy atom. The molecule has 0 bridgehead atoms. The molecule has 1 aromatic carbocycles. The molecule has 1 N–H and O–H groups in total. The number of hydrogen-bond donors (Lipinski definition) is 1. The highest BCUT2D eigenvalue weighted by Gasteiger charge is 2.27. The van der Waals surface area contributed by atoms with Crippen molar-refractivity contribution in [2.75, 3.05) is 6.54 Å². The highest BCUT2D eigenvalue weighted by molar-refractivity contribution is 9.10. The average Bonchev–Trinajstić information content (AvgIpc) is 2.27. The standard InChI is InChI=1S/C15H21BrClN/c1-2-8-18-15(11-4-3-5-11)9-12-6-7-13(16)10-14(12)17/h6-7,10-11,15,18H,2-5,8-9H2,1H3. The van der Waals surface area contributed by atoms with Crippen LogP contribution in [0.2, 0.25) is 5.02 Å². The summed E-state index contributed by atoms with van der Waals surface area (Å²) in [4.78, 5) is 0. The molecule has 1 nitrogen and oxygen atoms in total. The summed E-state index contributed by atoms with van der Waals surface area (Å²) in [5, 5.41) is 4.57. The van der Waals surface area contributed by atoms with Crippen molar-refractivity contribution in [1.29, 1.82) is 0 Å². The van der Waals surface area contributed by atoms with Gasteiger partial charge in [-0.2, -0.15) is 0 Å². The topological polar surface area (TPSA) is 12.0 Å². The van der Waals surface area contributed by atoms with Crippen molar-refractivity contribution in [2.45, 2.75) is 45.1 Å². The van der Waals surface area contributed by atoms with Crippen LogP contribution in [0.3, 0.4) is 0 Å². The van der Waals surface area contributed by atoms with Gasteiger partial charge in [0.05, 0.1) is 0 Å². The normalized spacial score (nSPS) is 17.5. The Morgan fingerprint density at radius 1 is 1.44 bits per heavy atom. The molecule has 0 saturated heterocycles. The quantitative estimate of drug-likeness (QED) is 0.789. The summed E-state index contributed by atoms with van der Waals surface area (Å²) < 4.78 is 1.05. The summed E-state index contributed by atoms with van der Waals surface area (Å²) in [7, 11) is 0. The molecule has 0 radical (unpaired) electrons. The van der Waals surface area contributed by atoms with Gasteiger partial charge in [-0.1, -0.05) is 46.9 Å². The molecule has 1 aromatic rings. The van der Waals surface area contributed by atoms with Crippen LogP contribution < -0.4 is 5.32 Å². The zero-order valence-electron chi connectivity index (χ0n) is 10.9. The molecule has 0 amide bonds. The highest BCUT2D eigenvalue weighted by Crippen LogP contribution is 2.32. The predicted molar refractivity (Wildman–Crippen MR) is 82.3 cm³/mol. The molecule has 18 heavy (non-hydrogen) atoms. The zero-order valence-corrected chi connectivity index (χ0v) is 13.2. The molecule has 100 valence electrons. The largest absolute Gasteiger partial charge is 0.313 e. The van der Waals surface area contributed by atoms with Crippen LogP contribution in [0.4, 0.5) is 0 Å². The molecule has 0 spiro atoms. The van der Waals surface area contributed by atoms with E-state index in [0.29, 0.717) is 6.04 Å². The van der Waals surface area contributed by atoms with Crippen LogP contribution in [0.5, 0.6) is 0 Å². The smallest absolute Gasteiger partial charge is 0.0449 e. The molecule has 1 saturated carbocycles. The van der Waals surface area contributed by atoms with E-state index < -0.39 is 0 Å². The van der Waals surface area contributed by atoms with Gasteiger partial charge in [-0.25, -0.2) is 0 Å². The number of benzene rings is 1. The molecule has 3 heteroatoms. The third-order valence-electron chi connectivity index (χ3n) is 3.83. The molecular formula is C15H21BrClN. The summed E-state index contributed by atoms with van der Waals surface area (Å²) in [5.74, 6) is 0.844. The lowest BCUT2D eigenvalue weighted by Crippen LogP contribution is -2.41. The fourth-order valence-electron chi connectivity index (χ4n) is 2.50. The van der Waals surface area contributed by atoms with E-state index in [1.807, 2.05) is 6.07 Å². The highest BCUT2D eigenvalue weighted by atomic mass is 79.9. The lowest BCUT2D eigenvalue weighted by Gasteiger charge is -2.35. The summed E-state index contributed by atoms with van der Waals surface area (Å²) in [6, 6.07) is 6.82. The minimum Gasteiger partial charge on any atom is -0.313 e. The maximum atomic E-state index is 6.32.